The van der Waals surface area contributed by atoms with E-state index in [0.717, 1.165) is 0 Å². The normalized spacial score (nSPS) is 12.5. The molecule has 0 amide bonds. The maximum Gasteiger partial charge on any atom is 0.402 e. The first kappa shape index (κ1) is 15.8. The van der Waals surface area contributed by atoms with Gasteiger partial charge >= 0.3 is 6.18 Å². The molecule has 11 heteroatoms. The van der Waals surface area contributed by atoms with E-state index in [9.17, 15) is 31.1 Å². The average Bonchev–Trinajstić information content (AvgIpc) is 2.21. The molecule has 0 saturated heterocycles. The smallest absolute Gasteiger partial charge is 0.402 e. The van der Waals surface area contributed by atoms with Crippen molar-refractivity contribution in [2.24, 2.45) is 0 Å². The first-order valence-corrected chi connectivity index (χ1v) is 6.38. The lowest BCUT2D eigenvalue weighted by atomic mass is 10.3. The Morgan fingerprint density at radius 2 is 1.89 bits per heavy atom. The van der Waals surface area contributed by atoms with Crippen LogP contribution in [0.25, 0.3) is 0 Å². The molecule has 0 aromatic heterocycles. The van der Waals surface area contributed by atoms with Gasteiger partial charge in [-0.1, -0.05) is 11.6 Å². The number of phenolic OH excluding ortho intramolecular Hbond substituents is 1. The first-order chi connectivity index (χ1) is 8.50. The molecule has 5 nitrogen and oxygen atoms in total. The number of nitrogens with one attached hydrogen (secondary N) is 2. The van der Waals surface area contributed by atoms with Crippen LogP contribution in [0.2, 0.25) is 5.02 Å². The Kier molecular flexibility index (Phi) is 4.48. The van der Waals surface area contributed by atoms with E-state index >= 15 is 0 Å². The summed E-state index contributed by atoms with van der Waals surface area (Å²) in [6, 6.07) is 1.27. The van der Waals surface area contributed by atoms with E-state index in [2.05, 4.69) is 0 Å². The summed E-state index contributed by atoms with van der Waals surface area (Å²) in [6.07, 6.45) is -4.75. The van der Waals surface area contributed by atoms with Crippen molar-refractivity contribution in [1.29, 1.82) is 0 Å². The van der Waals surface area contributed by atoms with Crippen molar-refractivity contribution in [3.05, 3.63) is 23.0 Å². The van der Waals surface area contributed by atoms with Crippen LogP contribution in [0.4, 0.5) is 23.2 Å². The maximum atomic E-state index is 12.9. The van der Waals surface area contributed by atoms with Crippen molar-refractivity contribution in [2.75, 3.05) is 11.3 Å². The molecule has 0 aliphatic rings. The topological polar surface area (TPSA) is 78.4 Å². The molecule has 108 valence electrons. The minimum Gasteiger partial charge on any atom is -0.504 e. The van der Waals surface area contributed by atoms with Crippen LogP contribution in [-0.2, 0) is 10.2 Å². The Hall–Kier alpha value is -1.26. The Labute approximate surface area is 110 Å². The third-order valence-electron chi connectivity index (χ3n) is 1.74. The molecular formula is C8H7ClF4N2O3S. The lowest BCUT2D eigenvalue weighted by Gasteiger charge is -2.12. The second-order valence-electron chi connectivity index (χ2n) is 3.33. The highest BCUT2D eigenvalue weighted by Gasteiger charge is 2.29. The van der Waals surface area contributed by atoms with Crippen LogP contribution in [-0.4, -0.2) is 26.2 Å². The van der Waals surface area contributed by atoms with Gasteiger partial charge < -0.3 is 5.11 Å². The minimum atomic E-state index is -4.75. The molecule has 0 heterocycles. The zero-order chi connectivity index (χ0) is 14.8. The van der Waals surface area contributed by atoms with Gasteiger partial charge in [0, 0.05) is 6.07 Å². The minimum absolute atomic E-state index is 0.492. The highest BCUT2D eigenvalue weighted by Crippen LogP contribution is 2.33. The van der Waals surface area contributed by atoms with E-state index in [1.54, 1.807) is 0 Å². The van der Waals surface area contributed by atoms with Gasteiger partial charge in [0.1, 0.15) is 12.4 Å². The Balaban J connectivity index is 2.90. The molecule has 1 aromatic carbocycles. The molecule has 0 unspecified atom stereocenters. The molecule has 0 aliphatic heterocycles. The third-order valence-corrected chi connectivity index (χ3v) is 3.04. The second-order valence-corrected chi connectivity index (χ2v) is 5.23. The fourth-order valence-corrected chi connectivity index (χ4v) is 2.08. The molecule has 1 aromatic rings. The number of halogens is 5. The van der Waals surface area contributed by atoms with Gasteiger partial charge in [-0.05, 0) is 6.07 Å². The fourth-order valence-electron chi connectivity index (χ4n) is 1.00. The van der Waals surface area contributed by atoms with Gasteiger partial charge in [-0.25, -0.2) is 4.39 Å². The van der Waals surface area contributed by atoms with Crippen molar-refractivity contribution in [3.63, 3.8) is 0 Å². The highest BCUT2D eigenvalue weighted by atomic mass is 35.5. The molecule has 19 heavy (non-hydrogen) atoms. The molecular weight excluding hydrogens is 316 g/mol. The maximum absolute atomic E-state index is 12.9. The van der Waals surface area contributed by atoms with Gasteiger partial charge in [-0.15, -0.1) is 0 Å². The summed E-state index contributed by atoms with van der Waals surface area (Å²) in [6.45, 7) is -1.81. The third kappa shape index (κ3) is 5.09. The van der Waals surface area contributed by atoms with E-state index in [1.165, 1.54) is 9.44 Å². The van der Waals surface area contributed by atoms with Crippen LogP contribution < -0.4 is 9.44 Å². The quantitative estimate of drug-likeness (QED) is 0.586. The van der Waals surface area contributed by atoms with E-state index in [4.69, 9.17) is 11.6 Å². The summed E-state index contributed by atoms with van der Waals surface area (Å²) in [5, 5.41) is 8.85. The first-order valence-electron chi connectivity index (χ1n) is 4.52. The molecule has 0 aliphatic carbocycles. The Morgan fingerprint density at radius 3 is 2.42 bits per heavy atom. The largest absolute Gasteiger partial charge is 0.504 e. The lowest BCUT2D eigenvalue weighted by molar-refractivity contribution is -0.121. The zero-order valence-electron chi connectivity index (χ0n) is 8.92. The van der Waals surface area contributed by atoms with Crippen molar-refractivity contribution < 1.29 is 31.1 Å². The number of anilines is 1. The van der Waals surface area contributed by atoms with Crippen LogP contribution in [0.3, 0.4) is 0 Å². The van der Waals surface area contributed by atoms with Crippen LogP contribution in [0.15, 0.2) is 12.1 Å². The van der Waals surface area contributed by atoms with Crippen molar-refractivity contribution >= 4 is 27.5 Å². The van der Waals surface area contributed by atoms with Crippen molar-refractivity contribution in [1.82, 2.24) is 4.72 Å². The fraction of sp³-hybridized carbons (Fsp3) is 0.250. The van der Waals surface area contributed by atoms with E-state index in [0.29, 0.717) is 12.1 Å². The average molecular weight is 323 g/mol. The van der Waals surface area contributed by atoms with Crippen LogP contribution in [0.5, 0.6) is 5.75 Å². The van der Waals surface area contributed by atoms with E-state index < -0.39 is 45.2 Å². The van der Waals surface area contributed by atoms with Crippen molar-refractivity contribution in [3.8, 4) is 5.75 Å². The van der Waals surface area contributed by atoms with Gasteiger partial charge in [-0.3, -0.25) is 4.72 Å². The number of hydrogen-bond acceptors (Lipinski definition) is 3. The summed E-state index contributed by atoms with van der Waals surface area (Å²) >= 11 is 5.37. The number of aromatic hydroxyl groups is 1. The summed E-state index contributed by atoms with van der Waals surface area (Å²) in [5.74, 6) is -1.78. The highest BCUT2D eigenvalue weighted by molar-refractivity contribution is 7.90. The Bertz CT molecular complexity index is 576. The predicted molar refractivity (Wildman–Crippen MR) is 59.7 cm³/mol. The molecule has 0 bridgehead atoms. The molecule has 0 fully saturated rings. The van der Waals surface area contributed by atoms with Gasteiger partial charge in [-0.2, -0.15) is 26.3 Å². The van der Waals surface area contributed by atoms with Gasteiger partial charge in [0.2, 0.25) is 0 Å². The summed E-state index contributed by atoms with van der Waals surface area (Å²) in [7, 11) is -4.63. The van der Waals surface area contributed by atoms with Gasteiger partial charge in [0.25, 0.3) is 10.2 Å². The molecule has 0 spiro atoms. The van der Waals surface area contributed by atoms with Crippen molar-refractivity contribution in [2.45, 2.75) is 6.18 Å². The summed E-state index contributed by atoms with van der Waals surface area (Å²) < 4.78 is 73.6. The number of benzene rings is 1. The number of alkyl halides is 3. The second kappa shape index (κ2) is 5.39. The summed E-state index contributed by atoms with van der Waals surface area (Å²) in [5.41, 5.74) is -0.681. The number of rotatable bonds is 4. The van der Waals surface area contributed by atoms with Crippen LogP contribution in [0.1, 0.15) is 0 Å². The number of phenols is 1. The molecule has 3 N–H and O–H groups in total. The molecule has 1 rings (SSSR count). The standard InChI is InChI=1S/C8H7ClF4N2O3S/c9-5-1-4(10)2-6(7(5)16)15-19(17,18)14-3-8(11,12)13/h1-2,14-16H,3H2. The lowest BCUT2D eigenvalue weighted by Crippen LogP contribution is -2.37. The van der Waals surface area contributed by atoms with Crippen LogP contribution in [0, 0.1) is 5.82 Å². The SMILES string of the molecule is O=S(=O)(NCC(F)(F)F)Nc1cc(F)cc(Cl)c1O. The molecule has 0 radical (unpaired) electrons. The molecule has 0 atom stereocenters. The van der Waals surface area contributed by atoms with E-state index in [-0.39, 0.29) is 0 Å². The van der Waals surface area contributed by atoms with Crippen LogP contribution >= 0.6 is 11.6 Å². The van der Waals surface area contributed by atoms with E-state index in [1.807, 2.05) is 0 Å². The number of hydrogen-bond donors (Lipinski definition) is 3. The summed E-state index contributed by atoms with van der Waals surface area (Å²) in [4.78, 5) is 0. The molecule has 0 saturated carbocycles. The zero-order valence-corrected chi connectivity index (χ0v) is 10.5. The Morgan fingerprint density at radius 1 is 1.32 bits per heavy atom. The van der Waals surface area contributed by atoms with Gasteiger partial charge in [0.15, 0.2) is 5.75 Å². The predicted octanol–water partition coefficient (Wildman–Crippen LogP) is 1.99. The van der Waals surface area contributed by atoms with Gasteiger partial charge in [0.05, 0.1) is 10.7 Å². The monoisotopic (exact) mass is 322 g/mol.